The van der Waals surface area contributed by atoms with Gasteiger partial charge in [-0.3, -0.25) is 0 Å². The number of anilines is 1. The first-order valence-corrected chi connectivity index (χ1v) is 12.3. The third-order valence-corrected chi connectivity index (χ3v) is 6.67. The Bertz CT molecular complexity index is 1430. The van der Waals surface area contributed by atoms with Gasteiger partial charge in [0.05, 0.1) is 12.3 Å². The quantitative estimate of drug-likeness (QED) is 0.472. The molecule has 0 spiro atoms. The summed E-state index contributed by atoms with van der Waals surface area (Å²) in [5.41, 5.74) is 3.55. The molecule has 37 heavy (non-hydrogen) atoms. The standard InChI is InChI=1S/C29H28FN3O4/c1-28(2)15-19-12-20(10-11-23(19)35-28)31-27(34)33-16-21(17-8-6-5-7-9-17)25(32-33)18-13-22(30)26-24(14-18)36-29(3,4)37-26/h5-14,21H,15-16H2,1-4H3,(H,31,34). The predicted molar refractivity (Wildman–Crippen MR) is 138 cm³/mol. The number of ether oxygens (including phenoxy) is 3. The molecule has 0 bridgehead atoms. The summed E-state index contributed by atoms with van der Waals surface area (Å²) in [6.07, 6.45) is 0.765. The number of hydrogen-bond acceptors (Lipinski definition) is 5. The highest BCUT2D eigenvalue weighted by Crippen LogP contribution is 2.43. The van der Waals surface area contributed by atoms with E-state index in [2.05, 4.69) is 10.4 Å². The van der Waals surface area contributed by atoms with Crippen LogP contribution in [0.4, 0.5) is 14.9 Å². The third kappa shape index (κ3) is 4.37. The van der Waals surface area contributed by atoms with Crippen molar-refractivity contribution in [3.05, 3.63) is 83.2 Å². The van der Waals surface area contributed by atoms with E-state index in [1.807, 2.05) is 62.4 Å². The molecule has 0 saturated heterocycles. The highest BCUT2D eigenvalue weighted by molar-refractivity contribution is 6.08. The molecule has 6 rings (SSSR count). The minimum atomic E-state index is -0.958. The molecule has 3 aliphatic heterocycles. The maximum absolute atomic E-state index is 15.0. The smallest absolute Gasteiger partial charge is 0.342 e. The van der Waals surface area contributed by atoms with E-state index in [-0.39, 0.29) is 23.3 Å². The van der Waals surface area contributed by atoms with Gasteiger partial charge in [-0.15, -0.1) is 0 Å². The van der Waals surface area contributed by atoms with E-state index in [1.165, 1.54) is 11.1 Å². The molecule has 1 atom stereocenters. The van der Waals surface area contributed by atoms with Gasteiger partial charge in [0.15, 0.2) is 11.6 Å². The Morgan fingerprint density at radius 2 is 1.78 bits per heavy atom. The average Bonchev–Trinajstić information content (AvgIpc) is 3.50. The van der Waals surface area contributed by atoms with E-state index in [1.54, 1.807) is 19.9 Å². The third-order valence-electron chi connectivity index (χ3n) is 6.67. The summed E-state index contributed by atoms with van der Waals surface area (Å²) in [6, 6.07) is 18.2. The molecule has 3 aliphatic rings. The summed E-state index contributed by atoms with van der Waals surface area (Å²) in [5, 5.41) is 9.01. The van der Waals surface area contributed by atoms with Crippen LogP contribution in [-0.4, -0.2) is 34.7 Å². The highest BCUT2D eigenvalue weighted by atomic mass is 19.1. The Kier molecular flexibility index (Phi) is 5.19. The van der Waals surface area contributed by atoms with E-state index < -0.39 is 11.6 Å². The number of hydrazone groups is 1. The van der Waals surface area contributed by atoms with Gasteiger partial charge in [-0.1, -0.05) is 30.3 Å². The van der Waals surface area contributed by atoms with Crippen molar-refractivity contribution in [3.63, 3.8) is 0 Å². The molecule has 3 heterocycles. The second-order valence-corrected chi connectivity index (χ2v) is 10.7. The zero-order chi connectivity index (χ0) is 25.9. The summed E-state index contributed by atoms with van der Waals surface area (Å²) in [5.74, 6) is -0.489. The molecule has 3 aromatic carbocycles. The van der Waals surface area contributed by atoms with Crippen molar-refractivity contribution in [1.82, 2.24) is 5.01 Å². The van der Waals surface area contributed by atoms with Crippen molar-refractivity contribution in [2.24, 2.45) is 5.10 Å². The monoisotopic (exact) mass is 501 g/mol. The van der Waals surface area contributed by atoms with Crippen molar-refractivity contribution < 1.29 is 23.4 Å². The van der Waals surface area contributed by atoms with Gasteiger partial charge in [-0.25, -0.2) is 14.2 Å². The number of nitrogens with one attached hydrogen (secondary N) is 1. The fourth-order valence-corrected chi connectivity index (χ4v) is 5.13. The van der Waals surface area contributed by atoms with Crippen LogP contribution in [0.25, 0.3) is 0 Å². The van der Waals surface area contributed by atoms with Crippen LogP contribution in [0.5, 0.6) is 17.2 Å². The number of amides is 2. The van der Waals surface area contributed by atoms with Crippen LogP contribution in [0, 0.1) is 5.82 Å². The Morgan fingerprint density at radius 1 is 1.00 bits per heavy atom. The van der Waals surface area contributed by atoms with Crippen LogP contribution in [0.1, 0.15) is 50.3 Å². The molecule has 7 nitrogen and oxygen atoms in total. The molecule has 2 amide bonds. The maximum atomic E-state index is 15.0. The fraction of sp³-hybridized carbons (Fsp3) is 0.310. The second-order valence-electron chi connectivity index (χ2n) is 10.7. The number of fused-ring (bicyclic) bond motifs is 2. The molecule has 0 aromatic heterocycles. The summed E-state index contributed by atoms with van der Waals surface area (Å²) in [6.45, 7) is 7.84. The number of urea groups is 1. The van der Waals surface area contributed by atoms with Crippen molar-refractivity contribution in [1.29, 1.82) is 0 Å². The average molecular weight is 502 g/mol. The Hall–Kier alpha value is -4.07. The highest BCUT2D eigenvalue weighted by Gasteiger charge is 2.38. The van der Waals surface area contributed by atoms with Gasteiger partial charge in [-0.05, 0) is 49.7 Å². The van der Waals surface area contributed by atoms with Gasteiger partial charge in [0.1, 0.15) is 11.4 Å². The lowest BCUT2D eigenvalue weighted by molar-refractivity contribution is -0.0445. The number of carbonyl (C=O) groups excluding carboxylic acids is 1. The molecule has 1 unspecified atom stereocenters. The van der Waals surface area contributed by atoms with Gasteiger partial charge >= 0.3 is 6.03 Å². The van der Waals surface area contributed by atoms with Crippen molar-refractivity contribution in [3.8, 4) is 17.2 Å². The molecule has 0 fully saturated rings. The van der Waals surface area contributed by atoms with E-state index in [0.29, 0.717) is 29.3 Å². The largest absolute Gasteiger partial charge is 0.487 e. The molecular weight excluding hydrogens is 473 g/mol. The zero-order valence-electron chi connectivity index (χ0n) is 21.2. The second kappa shape index (κ2) is 8.23. The Morgan fingerprint density at radius 3 is 2.57 bits per heavy atom. The SMILES string of the molecule is CC1(C)Cc2cc(NC(=O)N3CC(c4ccccc4)C(c4cc(F)c5c(c4)OC(C)(C)O5)=N3)ccc2O1. The van der Waals surface area contributed by atoms with Crippen LogP contribution in [0.3, 0.4) is 0 Å². The number of hydrogen-bond donors (Lipinski definition) is 1. The minimum absolute atomic E-state index is 0.0852. The lowest BCUT2D eigenvalue weighted by Crippen LogP contribution is -2.30. The van der Waals surface area contributed by atoms with Crippen molar-refractivity contribution in [2.75, 3.05) is 11.9 Å². The number of rotatable bonds is 3. The zero-order valence-corrected chi connectivity index (χ0v) is 21.2. The van der Waals surface area contributed by atoms with Crippen LogP contribution < -0.4 is 19.5 Å². The van der Waals surface area contributed by atoms with Crippen molar-refractivity contribution in [2.45, 2.75) is 51.4 Å². The molecule has 0 saturated carbocycles. The summed E-state index contributed by atoms with van der Waals surface area (Å²) >= 11 is 0. The first-order chi connectivity index (χ1) is 17.6. The number of nitrogens with zero attached hydrogens (tertiary/aromatic N) is 2. The van der Waals surface area contributed by atoms with Gasteiger partial charge in [0, 0.05) is 43.0 Å². The first-order valence-electron chi connectivity index (χ1n) is 12.3. The lowest BCUT2D eigenvalue weighted by atomic mass is 9.90. The van der Waals surface area contributed by atoms with Crippen LogP contribution in [-0.2, 0) is 6.42 Å². The normalized spacial score (nSPS) is 20.3. The van der Waals surface area contributed by atoms with Gasteiger partial charge in [0.2, 0.25) is 11.5 Å². The minimum Gasteiger partial charge on any atom is -0.487 e. The predicted octanol–water partition coefficient (Wildman–Crippen LogP) is 6.08. The molecule has 3 aromatic rings. The van der Waals surface area contributed by atoms with E-state index in [9.17, 15) is 4.79 Å². The number of halogens is 1. The molecule has 8 heteroatoms. The fourth-order valence-electron chi connectivity index (χ4n) is 5.13. The Labute approximate surface area is 214 Å². The van der Waals surface area contributed by atoms with Gasteiger partial charge in [-0.2, -0.15) is 5.10 Å². The summed E-state index contributed by atoms with van der Waals surface area (Å²) in [7, 11) is 0. The summed E-state index contributed by atoms with van der Waals surface area (Å²) in [4.78, 5) is 13.3. The van der Waals surface area contributed by atoms with Crippen LogP contribution in [0.15, 0.2) is 65.8 Å². The summed E-state index contributed by atoms with van der Waals surface area (Å²) < 4.78 is 32.4. The van der Waals surface area contributed by atoms with E-state index in [0.717, 1.165) is 23.3 Å². The van der Waals surface area contributed by atoms with Crippen molar-refractivity contribution >= 4 is 17.4 Å². The lowest BCUT2D eigenvalue weighted by Gasteiger charge is -2.16. The van der Waals surface area contributed by atoms with Crippen LogP contribution in [0.2, 0.25) is 0 Å². The van der Waals surface area contributed by atoms with Gasteiger partial charge in [0.25, 0.3) is 0 Å². The molecule has 1 N–H and O–H groups in total. The molecule has 0 radical (unpaired) electrons. The maximum Gasteiger partial charge on any atom is 0.342 e. The molecule has 0 aliphatic carbocycles. The number of benzene rings is 3. The molecule has 190 valence electrons. The first kappa shape index (κ1) is 23.3. The number of carbonyl (C=O) groups is 1. The van der Waals surface area contributed by atoms with E-state index >= 15 is 4.39 Å². The van der Waals surface area contributed by atoms with Gasteiger partial charge < -0.3 is 19.5 Å². The van der Waals surface area contributed by atoms with Crippen LogP contribution >= 0.6 is 0 Å². The Balaban J connectivity index is 1.31. The van der Waals surface area contributed by atoms with E-state index in [4.69, 9.17) is 14.2 Å². The molecular formula is C29H28FN3O4. The topological polar surface area (TPSA) is 72.4 Å².